The summed E-state index contributed by atoms with van der Waals surface area (Å²) in [6.45, 7) is 0.375. The first kappa shape index (κ1) is 17.7. The number of hydrogen-bond acceptors (Lipinski definition) is 5. The Morgan fingerprint density at radius 1 is 1.04 bits per heavy atom. The van der Waals surface area contributed by atoms with E-state index in [1.165, 1.54) is 29.7 Å². The zero-order valence-corrected chi connectivity index (χ0v) is 15.3. The highest BCUT2D eigenvalue weighted by Crippen LogP contribution is 2.37. The third-order valence-electron chi connectivity index (χ3n) is 3.60. The van der Waals surface area contributed by atoms with Crippen LogP contribution < -0.4 is 0 Å². The monoisotopic (exact) mass is 377 g/mol. The lowest BCUT2D eigenvalue weighted by atomic mass is 10.1. The molecule has 0 unspecified atom stereocenters. The van der Waals surface area contributed by atoms with Gasteiger partial charge in [-0.25, -0.2) is 17.8 Å². The zero-order chi connectivity index (χ0) is 18.0. The Bertz CT molecular complexity index is 978. The minimum Gasteiger partial charge on any atom is -0.378 e. The number of ether oxygens (including phenoxy) is 1. The second-order valence-electron chi connectivity index (χ2n) is 5.52. The minimum absolute atomic E-state index is 0.256. The molecule has 0 aliphatic carbocycles. The summed E-state index contributed by atoms with van der Waals surface area (Å²) in [6.07, 6.45) is 1.17. The molecule has 4 nitrogen and oxygen atoms in total. The quantitative estimate of drug-likeness (QED) is 0.670. The molecular formula is C18H16FNO3S2. The molecule has 0 spiro atoms. The summed E-state index contributed by atoms with van der Waals surface area (Å²) < 4.78 is 41.6. The van der Waals surface area contributed by atoms with E-state index >= 15 is 0 Å². The van der Waals surface area contributed by atoms with Crippen molar-refractivity contribution in [2.24, 2.45) is 0 Å². The van der Waals surface area contributed by atoms with Crippen molar-refractivity contribution in [3.63, 3.8) is 0 Å². The first-order valence-electron chi connectivity index (χ1n) is 7.43. The second-order valence-corrected chi connectivity index (χ2v) is 8.62. The van der Waals surface area contributed by atoms with E-state index in [0.29, 0.717) is 6.61 Å². The van der Waals surface area contributed by atoms with Gasteiger partial charge in [0.25, 0.3) is 0 Å². The van der Waals surface area contributed by atoms with Crippen LogP contribution in [0.4, 0.5) is 4.39 Å². The Morgan fingerprint density at radius 3 is 2.20 bits per heavy atom. The van der Waals surface area contributed by atoms with Gasteiger partial charge in [0, 0.05) is 18.9 Å². The van der Waals surface area contributed by atoms with Crippen LogP contribution in [0.15, 0.2) is 53.4 Å². The lowest BCUT2D eigenvalue weighted by molar-refractivity contribution is 0.184. The predicted molar refractivity (Wildman–Crippen MR) is 96.8 cm³/mol. The molecule has 1 heterocycles. The number of thiazole rings is 1. The van der Waals surface area contributed by atoms with Crippen LogP contribution in [0.5, 0.6) is 0 Å². The van der Waals surface area contributed by atoms with Crippen LogP contribution in [-0.4, -0.2) is 26.8 Å². The van der Waals surface area contributed by atoms with E-state index in [4.69, 9.17) is 4.74 Å². The van der Waals surface area contributed by atoms with Crippen LogP contribution in [0.3, 0.4) is 0 Å². The molecule has 3 aromatic rings. The molecule has 0 radical (unpaired) electrons. The molecule has 0 saturated carbocycles. The maximum absolute atomic E-state index is 13.2. The van der Waals surface area contributed by atoms with Crippen LogP contribution in [0.2, 0.25) is 0 Å². The molecule has 0 amide bonds. The molecule has 0 atom stereocenters. The van der Waals surface area contributed by atoms with Crippen LogP contribution in [0, 0.1) is 5.82 Å². The predicted octanol–water partition coefficient (Wildman–Crippen LogP) is 4.17. The molecule has 0 aliphatic rings. The minimum atomic E-state index is -3.25. The van der Waals surface area contributed by atoms with E-state index in [-0.39, 0.29) is 10.7 Å². The Labute approximate surface area is 149 Å². The van der Waals surface area contributed by atoms with Crippen molar-refractivity contribution in [1.29, 1.82) is 0 Å². The first-order chi connectivity index (χ1) is 11.9. The van der Waals surface area contributed by atoms with Crippen molar-refractivity contribution in [2.45, 2.75) is 11.5 Å². The van der Waals surface area contributed by atoms with E-state index in [9.17, 15) is 12.8 Å². The molecule has 0 aliphatic heterocycles. The van der Waals surface area contributed by atoms with Gasteiger partial charge in [0.2, 0.25) is 0 Å². The van der Waals surface area contributed by atoms with Gasteiger partial charge < -0.3 is 4.74 Å². The van der Waals surface area contributed by atoms with Gasteiger partial charge in [0.1, 0.15) is 10.8 Å². The summed E-state index contributed by atoms with van der Waals surface area (Å²) in [5, 5.41) is 0.795. The number of halogens is 1. The SMILES string of the molecule is COCc1nc(-c2ccc(S(C)(=O)=O)cc2)c(-c2ccc(F)cc2)s1. The highest BCUT2D eigenvalue weighted by molar-refractivity contribution is 7.90. The number of benzene rings is 2. The number of nitrogens with zero attached hydrogens (tertiary/aromatic N) is 1. The molecule has 2 aromatic carbocycles. The molecule has 25 heavy (non-hydrogen) atoms. The summed E-state index contributed by atoms with van der Waals surface area (Å²) in [5.74, 6) is -0.301. The van der Waals surface area contributed by atoms with Crippen LogP contribution >= 0.6 is 11.3 Å². The molecule has 0 fully saturated rings. The Balaban J connectivity index is 2.09. The average Bonchev–Trinajstić information content (AvgIpc) is 2.99. The van der Waals surface area contributed by atoms with E-state index in [1.54, 1.807) is 43.5 Å². The molecule has 1 aromatic heterocycles. The van der Waals surface area contributed by atoms with Crippen molar-refractivity contribution in [3.05, 3.63) is 59.4 Å². The van der Waals surface area contributed by atoms with Gasteiger partial charge in [-0.15, -0.1) is 11.3 Å². The van der Waals surface area contributed by atoms with Crippen molar-refractivity contribution < 1.29 is 17.5 Å². The Hall–Kier alpha value is -2.09. The fourth-order valence-corrected chi connectivity index (χ4v) is 4.10. The Kier molecular flexibility index (Phi) is 4.99. The van der Waals surface area contributed by atoms with Crippen molar-refractivity contribution in [2.75, 3.05) is 13.4 Å². The van der Waals surface area contributed by atoms with Gasteiger partial charge in [-0.05, 0) is 29.8 Å². The maximum Gasteiger partial charge on any atom is 0.175 e. The standard InChI is InChI=1S/C18H16FNO3S2/c1-23-11-16-20-17(12-5-9-15(10-6-12)25(2,21)22)18(24-16)13-3-7-14(19)8-4-13/h3-10H,11H2,1-2H3. The number of rotatable bonds is 5. The smallest absolute Gasteiger partial charge is 0.175 e. The molecule has 0 N–H and O–H groups in total. The summed E-state index contributed by atoms with van der Waals surface area (Å²) in [5.41, 5.74) is 2.37. The molecule has 3 rings (SSSR count). The van der Waals surface area contributed by atoms with Gasteiger partial charge in [-0.1, -0.05) is 24.3 Å². The number of aromatic nitrogens is 1. The summed E-state index contributed by atoms with van der Waals surface area (Å²) in [7, 11) is -1.65. The zero-order valence-electron chi connectivity index (χ0n) is 13.7. The van der Waals surface area contributed by atoms with Crippen molar-refractivity contribution in [3.8, 4) is 21.7 Å². The molecule has 0 saturated heterocycles. The average molecular weight is 377 g/mol. The summed E-state index contributed by atoms with van der Waals surface area (Å²) >= 11 is 1.47. The maximum atomic E-state index is 13.2. The molecular weight excluding hydrogens is 361 g/mol. The van der Waals surface area contributed by atoms with E-state index < -0.39 is 9.84 Å². The van der Waals surface area contributed by atoms with Gasteiger partial charge in [0.15, 0.2) is 9.84 Å². The largest absolute Gasteiger partial charge is 0.378 e. The molecule has 130 valence electrons. The van der Waals surface area contributed by atoms with E-state index in [0.717, 1.165) is 26.7 Å². The van der Waals surface area contributed by atoms with E-state index in [2.05, 4.69) is 4.98 Å². The van der Waals surface area contributed by atoms with Gasteiger partial charge in [-0.2, -0.15) is 0 Å². The molecule has 0 bridgehead atoms. The fraction of sp³-hybridized carbons (Fsp3) is 0.167. The first-order valence-corrected chi connectivity index (χ1v) is 10.1. The summed E-state index contributed by atoms with van der Waals surface area (Å²) in [4.78, 5) is 5.76. The molecule has 7 heteroatoms. The Morgan fingerprint density at radius 2 is 1.64 bits per heavy atom. The topological polar surface area (TPSA) is 56.3 Å². The highest BCUT2D eigenvalue weighted by atomic mass is 32.2. The normalized spacial score (nSPS) is 11.6. The lowest BCUT2D eigenvalue weighted by Crippen LogP contribution is -1.96. The van der Waals surface area contributed by atoms with Gasteiger partial charge in [-0.3, -0.25) is 0 Å². The van der Waals surface area contributed by atoms with Crippen LogP contribution in [-0.2, 0) is 21.2 Å². The number of methoxy groups -OCH3 is 1. The van der Waals surface area contributed by atoms with Gasteiger partial charge in [0.05, 0.1) is 22.1 Å². The fourth-order valence-electron chi connectivity index (χ4n) is 2.40. The second kappa shape index (κ2) is 7.03. The number of hydrogen-bond donors (Lipinski definition) is 0. The van der Waals surface area contributed by atoms with Crippen molar-refractivity contribution >= 4 is 21.2 Å². The van der Waals surface area contributed by atoms with Crippen LogP contribution in [0.1, 0.15) is 5.01 Å². The lowest BCUT2D eigenvalue weighted by Gasteiger charge is -2.04. The van der Waals surface area contributed by atoms with Gasteiger partial charge >= 0.3 is 0 Å². The summed E-state index contributed by atoms with van der Waals surface area (Å²) in [6, 6.07) is 12.8. The highest BCUT2D eigenvalue weighted by Gasteiger charge is 2.16. The van der Waals surface area contributed by atoms with E-state index in [1.807, 2.05) is 0 Å². The van der Waals surface area contributed by atoms with Crippen LogP contribution in [0.25, 0.3) is 21.7 Å². The number of sulfone groups is 1. The van der Waals surface area contributed by atoms with Crippen molar-refractivity contribution in [1.82, 2.24) is 4.98 Å². The third kappa shape index (κ3) is 3.95. The third-order valence-corrected chi connectivity index (χ3v) is 5.81.